The number of nitrogens with zero attached hydrogens (tertiary/aromatic N) is 1. The lowest BCUT2D eigenvalue weighted by Gasteiger charge is -2.31. The number of rotatable bonds is 3. The van der Waals surface area contributed by atoms with Gasteiger partial charge in [0.15, 0.2) is 0 Å². The van der Waals surface area contributed by atoms with Crippen molar-refractivity contribution in [1.29, 1.82) is 0 Å². The number of H-pyrrole nitrogens is 1. The molecule has 1 fully saturated rings. The second kappa shape index (κ2) is 5.97. The Kier molecular flexibility index (Phi) is 4.56. The van der Waals surface area contributed by atoms with E-state index in [1.165, 1.54) is 12.8 Å². The maximum atomic E-state index is 11.7. The van der Waals surface area contributed by atoms with Crippen LogP contribution in [0.1, 0.15) is 51.3 Å². The Morgan fingerprint density at radius 1 is 1.39 bits per heavy atom. The molecule has 1 saturated carbocycles. The molecule has 18 heavy (non-hydrogen) atoms. The van der Waals surface area contributed by atoms with E-state index in [-0.39, 0.29) is 5.56 Å². The molecule has 1 aromatic rings. The van der Waals surface area contributed by atoms with Crippen molar-refractivity contribution in [3.8, 4) is 0 Å². The second-order valence-electron chi connectivity index (χ2n) is 4.75. The predicted molar refractivity (Wildman–Crippen MR) is 73.6 cm³/mol. The van der Waals surface area contributed by atoms with Crippen molar-refractivity contribution < 1.29 is 4.74 Å². The fourth-order valence-corrected chi connectivity index (χ4v) is 2.84. The number of hydrogen-bond acceptors (Lipinski definition) is 3. The number of halogens is 1. The van der Waals surface area contributed by atoms with Crippen LogP contribution in [0.3, 0.4) is 0 Å². The van der Waals surface area contributed by atoms with Crippen molar-refractivity contribution in [2.75, 3.05) is 6.61 Å². The second-order valence-corrected chi connectivity index (χ2v) is 5.60. The first-order valence-corrected chi connectivity index (χ1v) is 7.36. The van der Waals surface area contributed by atoms with Crippen LogP contribution in [0, 0.1) is 0 Å². The van der Waals surface area contributed by atoms with E-state index < -0.39 is 5.60 Å². The summed E-state index contributed by atoms with van der Waals surface area (Å²) in [5.74, 6) is 0.680. The van der Waals surface area contributed by atoms with Gasteiger partial charge in [-0.05, 0) is 35.7 Å². The largest absolute Gasteiger partial charge is 0.367 e. The number of aromatic nitrogens is 2. The SMILES string of the molecule is CCOC1(c2ncc(Br)c(=O)[nH]2)CCCCCC1. The summed E-state index contributed by atoms with van der Waals surface area (Å²) < 4.78 is 6.45. The molecule has 0 spiro atoms. The highest BCUT2D eigenvalue weighted by molar-refractivity contribution is 9.10. The third-order valence-electron chi connectivity index (χ3n) is 3.52. The summed E-state index contributed by atoms with van der Waals surface area (Å²) >= 11 is 3.18. The molecule has 1 aliphatic rings. The van der Waals surface area contributed by atoms with E-state index in [2.05, 4.69) is 25.9 Å². The molecule has 5 heteroatoms. The first kappa shape index (κ1) is 13.7. The summed E-state index contributed by atoms with van der Waals surface area (Å²) in [5.41, 5.74) is -0.534. The molecule has 2 rings (SSSR count). The van der Waals surface area contributed by atoms with Gasteiger partial charge in [0.25, 0.3) is 5.56 Å². The lowest BCUT2D eigenvalue weighted by molar-refractivity contribution is -0.0626. The van der Waals surface area contributed by atoms with Crippen LogP contribution < -0.4 is 5.56 Å². The van der Waals surface area contributed by atoms with E-state index in [1.54, 1.807) is 6.20 Å². The van der Waals surface area contributed by atoms with Crippen molar-refractivity contribution in [2.24, 2.45) is 0 Å². The number of aromatic amines is 1. The van der Waals surface area contributed by atoms with Crippen LogP contribution in [-0.2, 0) is 10.3 Å². The molecule has 0 aromatic carbocycles. The summed E-state index contributed by atoms with van der Waals surface area (Å²) in [6.07, 6.45) is 8.15. The average molecular weight is 315 g/mol. The van der Waals surface area contributed by atoms with Crippen molar-refractivity contribution in [1.82, 2.24) is 9.97 Å². The zero-order chi connectivity index (χ0) is 13.0. The molecule has 100 valence electrons. The standard InChI is InChI=1S/C13H19BrN2O2/c1-2-18-13(7-5-3-4-6-8-13)12-15-9-10(14)11(17)16-12/h9H,2-8H2,1H3,(H,15,16,17). The smallest absolute Gasteiger partial charge is 0.265 e. The Bertz CT molecular complexity index is 451. The Balaban J connectivity index is 2.38. The van der Waals surface area contributed by atoms with Gasteiger partial charge in [0.2, 0.25) is 0 Å². The van der Waals surface area contributed by atoms with Crippen LogP contribution in [0.2, 0.25) is 0 Å². The number of hydrogen-bond donors (Lipinski definition) is 1. The topological polar surface area (TPSA) is 55.0 Å². The van der Waals surface area contributed by atoms with Gasteiger partial charge in [-0.2, -0.15) is 0 Å². The molecule has 1 aromatic heterocycles. The van der Waals surface area contributed by atoms with Crippen molar-refractivity contribution in [2.45, 2.75) is 51.0 Å². The molecule has 0 amide bonds. The Morgan fingerprint density at radius 2 is 2.06 bits per heavy atom. The summed E-state index contributed by atoms with van der Waals surface area (Å²) in [4.78, 5) is 18.9. The first-order valence-electron chi connectivity index (χ1n) is 6.57. The lowest BCUT2D eigenvalue weighted by atomic mass is 9.93. The summed E-state index contributed by atoms with van der Waals surface area (Å²) in [5, 5.41) is 0. The minimum absolute atomic E-state index is 0.136. The van der Waals surface area contributed by atoms with Gasteiger partial charge in [-0.25, -0.2) is 4.98 Å². The summed E-state index contributed by atoms with van der Waals surface area (Å²) in [7, 11) is 0. The van der Waals surface area contributed by atoms with Gasteiger partial charge >= 0.3 is 0 Å². The molecule has 1 aliphatic carbocycles. The quantitative estimate of drug-likeness (QED) is 0.872. The van der Waals surface area contributed by atoms with Gasteiger partial charge in [-0.1, -0.05) is 25.7 Å². The third kappa shape index (κ3) is 2.83. The van der Waals surface area contributed by atoms with Crippen LogP contribution in [0.15, 0.2) is 15.5 Å². The summed E-state index contributed by atoms with van der Waals surface area (Å²) in [6.45, 7) is 2.63. The highest BCUT2D eigenvalue weighted by atomic mass is 79.9. The normalized spacial score (nSPS) is 19.4. The Labute approximate surface area is 115 Å². The Morgan fingerprint density at radius 3 is 2.61 bits per heavy atom. The van der Waals surface area contributed by atoms with Gasteiger partial charge < -0.3 is 9.72 Å². The maximum absolute atomic E-state index is 11.7. The average Bonchev–Trinajstić information content (AvgIpc) is 2.60. The maximum Gasteiger partial charge on any atom is 0.265 e. The zero-order valence-corrected chi connectivity index (χ0v) is 12.3. The van der Waals surface area contributed by atoms with Crippen molar-refractivity contribution >= 4 is 15.9 Å². The first-order chi connectivity index (χ1) is 8.68. The minimum Gasteiger partial charge on any atom is -0.367 e. The predicted octanol–water partition coefficient (Wildman–Crippen LogP) is 3.12. The van der Waals surface area contributed by atoms with E-state index in [9.17, 15) is 4.79 Å². The number of ether oxygens (including phenoxy) is 1. The van der Waals surface area contributed by atoms with E-state index in [1.807, 2.05) is 6.92 Å². The number of nitrogens with one attached hydrogen (secondary N) is 1. The van der Waals surface area contributed by atoms with Crippen LogP contribution in [0.25, 0.3) is 0 Å². The van der Waals surface area contributed by atoms with Gasteiger partial charge in [0.05, 0.1) is 0 Å². The van der Waals surface area contributed by atoms with Gasteiger partial charge in [-0.3, -0.25) is 4.79 Å². The van der Waals surface area contributed by atoms with Crippen LogP contribution in [-0.4, -0.2) is 16.6 Å². The van der Waals surface area contributed by atoms with Crippen LogP contribution in [0.5, 0.6) is 0 Å². The van der Waals surface area contributed by atoms with Crippen molar-refractivity contribution in [3.63, 3.8) is 0 Å². The van der Waals surface area contributed by atoms with Crippen molar-refractivity contribution in [3.05, 3.63) is 26.8 Å². The van der Waals surface area contributed by atoms with Gasteiger partial charge in [0, 0.05) is 12.8 Å². The monoisotopic (exact) mass is 314 g/mol. The molecular formula is C13H19BrN2O2. The molecule has 0 aliphatic heterocycles. The highest BCUT2D eigenvalue weighted by Gasteiger charge is 2.36. The van der Waals surface area contributed by atoms with E-state index >= 15 is 0 Å². The molecule has 0 atom stereocenters. The minimum atomic E-state index is -0.398. The van der Waals surface area contributed by atoms with Gasteiger partial charge in [-0.15, -0.1) is 0 Å². The molecule has 0 radical (unpaired) electrons. The Hall–Kier alpha value is -0.680. The molecule has 4 nitrogen and oxygen atoms in total. The van der Waals surface area contributed by atoms with E-state index in [0.29, 0.717) is 16.9 Å². The lowest BCUT2D eigenvalue weighted by Crippen LogP contribution is -2.33. The molecule has 0 bridgehead atoms. The summed E-state index contributed by atoms with van der Waals surface area (Å²) in [6, 6.07) is 0. The molecule has 1 heterocycles. The van der Waals surface area contributed by atoms with E-state index in [0.717, 1.165) is 25.7 Å². The zero-order valence-electron chi connectivity index (χ0n) is 10.7. The highest BCUT2D eigenvalue weighted by Crippen LogP contribution is 2.37. The third-order valence-corrected chi connectivity index (χ3v) is 4.08. The van der Waals surface area contributed by atoms with Crippen LogP contribution in [0.4, 0.5) is 0 Å². The van der Waals surface area contributed by atoms with Crippen LogP contribution >= 0.6 is 15.9 Å². The fourth-order valence-electron chi connectivity index (χ4n) is 2.64. The molecule has 0 saturated heterocycles. The molecule has 1 N–H and O–H groups in total. The fraction of sp³-hybridized carbons (Fsp3) is 0.692. The molecular weight excluding hydrogens is 296 g/mol. The molecule has 0 unspecified atom stereocenters. The van der Waals surface area contributed by atoms with Gasteiger partial charge in [0.1, 0.15) is 15.9 Å². The van der Waals surface area contributed by atoms with E-state index in [4.69, 9.17) is 4.74 Å².